The molecule has 4 rings (SSSR count). The number of nitrogens with two attached hydrogens (primary N) is 1. The van der Waals surface area contributed by atoms with Gasteiger partial charge in [-0.3, -0.25) is 4.79 Å². The minimum absolute atomic E-state index is 0.329. The third kappa shape index (κ3) is 1.93. The average Bonchev–Trinajstić information content (AvgIpc) is 2.91. The van der Waals surface area contributed by atoms with Gasteiger partial charge in [-0.25, -0.2) is 0 Å². The van der Waals surface area contributed by atoms with Crippen molar-refractivity contribution in [2.45, 2.75) is 38.1 Å². The zero-order valence-corrected chi connectivity index (χ0v) is 12.0. The quantitative estimate of drug-likeness (QED) is 0.920. The van der Waals surface area contributed by atoms with Crippen LogP contribution in [0.25, 0.3) is 10.9 Å². The number of benzene rings is 1. The van der Waals surface area contributed by atoms with Gasteiger partial charge in [-0.15, -0.1) is 0 Å². The third-order valence-corrected chi connectivity index (χ3v) is 5.04. The van der Waals surface area contributed by atoms with Gasteiger partial charge < -0.3 is 15.0 Å². The lowest BCUT2D eigenvalue weighted by Gasteiger charge is -2.34. The van der Waals surface area contributed by atoms with E-state index in [-0.39, 0.29) is 5.91 Å². The molecule has 0 unspecified atom stereocenters. The summed E-state index contributed by atoms with van der Waals surface area (Å²) in [6.45, 7) is 0.698. The van der Waals surface area contributed by atoms with Crippen molar-refractivity contribution < 1.29 is 9.53 Å². The summed E-state index contributed by atoms with van der Waals surface area (Å²) in [6.07, 6.45) is 8.39. The van der Waals surface area contributed by atoms with Crippen molar-refractivity contribution in [1.29, 1.82) is 0 Å². The summed E-state index contributed by atoms with van der Waals surface area (Å²) < 4.78 is 8.24. The molecular weight excluding hydrogens is 264 g/mol. The molecule has 2 heterocycles. The minimum atomic E-state index is -0.361. The smallest absolute Gasteiger partial charge is 0.250 e. The predicted molar refractivity (Wildman–Crippen MR) is 81.6 cm³/mol. The van der Waals surface area contributed by atoms with Crippen LogP contribution >= 0.6 is 0 Å². The highest BCUT2D eigenvalue weighted by atomic mass is 16.5. The fraction of sp³-hybridized carbons (Fsp3) is 0.471. The van der Waals surface area contributed by atoms with Gasteiger partial charge >= 0.3 is 0 Å². The molecule has 110 valence electrons. The van der Waals surface area contributed by atoms with Gasteiger partial charge in [0, 0.05) is 11.6 Å². The maximum atomic E-state index is 11.7. The van der Waals surface area contributed by atoms with Crippen molar-refractivity contribution in [3.05, 3.63) is 30.0 Å². The number of carbonyl (C=O) groups excluding carboxylic acids is 1. The average molecular weight is 284 g/mol. The molecule has 0 spiro atoms. The molecule has 1 atom stereocenters. The van der Waals surface area contributed by atoms with Gasteiger partial charge in [0.05, 0.1) is 17.1 Å². The number of primary amides is 1. The number of aromatic nitrogens is 1. The molecule has 0 radical (unpaired) electrons. The van der Waals surface area contributed by atoms with E-state index in [0.717, 1.165) is 16.7 Å². The molecule has 1 aliphatic heterocycles. The lowest BCUT2D eigenvalue weighted by atomic mass is 9.83. The van der Waals surface area contributed by atoms with E-state index in [1.165, 1.54) is 32.1 Å². The van der Waals surface area contributed by atoms with E-state index in [2.05, 4.69) is 4.57 Å². The van der Waals surface area contributed by atoms with E-state index in [1.54, 1.807) is 0 Å². The Morgan fingerprint density at radius 3 is 2.81 bits per heavy atom. The Morgan fingerprint density at radius 2 is 2.05 bits per heavy atom. The first kappa shape index (κ1) is 12.7. The molecular formula is C17H20N2O2. The molecule has 21 heavy (non-hydrogen) atoms. The highest BCUT2D eigenvalue weighted by Gasteiger charge is 2.31. The van der Waals surface area contributed by atoms with E-state index in [1.807, 2.05) is 24.4 Å². The van der Waals surface area contributed by atoms with Crippen molar-refractivity contribution in [2.75, 3.05) is 6.61 Å². The predicted octanol–water partition coefficient (Wildman–Crippen LogP) is 3.25. The molecule has 0 bridgehead atoms. The van der Waals surface area contributed by atoms with Gasteiger partial charge in [-0.2, -0.15) is 0 Å². The van der Waals surface area contributed by atoms with E-state index < -0.39 is 0 Å². The van der Waals surface area contributed by atoms with Crippen molar-refractivity contribution in [3.63, 3.8) is 0 Å². The Hall–Kier alpha value is -1.97. The number of amides is 1. The Balaban J connectivity index is 1.86. The zero-order valence-electron chi connectivity index (χ0n) is 12.0. The van der Waals surface area contributed by atoms with E-state index >= 15 is 0 Å². The molecule has 1 fully saturated rings. The van der Waals surface area contributed by atoms with E-state index in [0.29, 0.717) is 24.1 Å². The molecule has 4 nitrogen and oxygen atoms in total. The van der Waals surface area contributed by atoms with Crippen LogP contribution < -0.4 is 10.5 Å². The third-order valence-electron chi connectivity index (χ3n) is 5.04. The number of hydrogen-bond donors (Lipinski definition) is 1. The molecule has 0 saturated heterocycles. The highest BCUT2D eigenvalue weighted by Crippen LogP contribution is 2.41. The highest BCUT2D eigenvalue weighted by molar-refractivity contribution is 6.07. The van der Waals surface area contributed by atoms with Crippen LogP contribution in [0.1, 0.15) is 48.5 Å². The van der Waals surface area contributed by atoms with Crippen molar-refractivity contribution >= 4 is 16.8 Å². The first-order chi connectivity index (χ1) is 10.3. The SMILES string of the molecule is NC(=O)c1cn2c3c(cccc13)OC[C@H]2C1CCCCC1. The summed E-state index contributed by atoms with van der Waals surface area (Å²) in [5.74, 6) is 1.15. The first-order valence-electron chi connectivity index (χ1n) is 7.82. The number of para-hydroxylation sites is 1. The summed E-state index contributed by atoms with van der Waals surface area (Å²) in [4.78, 5) is 11.7. The molecule has 2 aliphatic rings. The molecule has 1 aromatic heterocycles. The Bertz CT molecular complexity index is 698. The number of carbonyl (C=O) groups is 1. The van der Waals surface area contributed by atoms with E-state index in [4.69, 9.17) is 10.5 Å². The summed E-state index contributed by atoms with van der Waals surface area (Å²) in [6, 6.07) is 6.19. The maximum Gasteiger partial charge on any atom is 0.250 e. The largest absolute Gasteiger partial charge is 0.489 e. The van der Waals surface area contributed by atoms with Gasteiger partial charge in [0.15, 0.2) is 0 Å². The van der Waals surface area contributed by atoms with Crippen LogP contribution in [0.5, 0.6) is 5.75 Å². The topological polar surface area (TPSA) is 57.2 Å². The van der Waals surface area contributed by atoms with Gasteiger partial charge in [0.1, 0.15) is 12.4 Å². The summed E-state index contributed by atoms with van der Waals surface area (Å²) in [5.41, 5.74) is 7.19. The maximum absolute atomic E-state index is 11.7. The number of rotatable bonds is 2. The van der Waals surface area contributed by atoms with Crippen molar-refractivity contribution in [3.8, 4) is 5.75 Å². The van der Waals surface area contributed by atoms with Crippen molar-refractivity contribution in [2.24, 2.45) is 11.7 Å². The van der Waals surface area contributed by atoms with Gasteiger partial charge in [-0.1, -0.05) is 31.4 Å². The molecule has 1 saturated carbocycles. The van der Waals surface area contributed by atoms with Crippen LogP contribution in [0.4, 0.5) is 0 Å². The fourth-order valence-electron chi connectivity index (χ4n) is 3.99. The monoisotopic (exact) mass is 284 g/mol. The fourth-order valence-corrected chi connectivity index (χ4v) is 3.99. The minimum Gasteiger partial charge on any atom is -0.489 e. The number of hydrogen-bond acceptors (Lipinski definition) is 2. The Morgan fingerprint density at radius 1 is 1.24 bits per heavy atom. The van der Waals surface area contributed by atoms with Crippen LogP contribution in [0.2, 0.25) is 0 Å². The standard InChI is InChI=1S/C17H20N2O2/c18-17(20)13-9-19-14(11-5-2-1-3-6-11)10-21-15-8-4-7-12(13)16(15)19/h4,7-9,11,14H,1-3,5-6,10H2,(H2,18,20)/t14-/m0/s1. The van der Waals surface area contributed by atoms with Crippen LogP contribution in [-0.2, 0) is 0 Å². The van der Waals surface area contributed by atoms with Gasteiger partial charge in [0.25, 0.3) is 5.91 Å². The molecule has 1 amide bonds. The number of nitrogens with zero attached hydrogens (tertiary/aromatic N) is 1. The Labute approximate surface area is 123 Å². The molecule has 2 N–H and O–H groups in total. The second-order valence-electron chi connectivity index (χ2n) is 6.24. The van der Waals surface area contributed by atoms with Crippen molar-refractivity contribution in [1.82, 2.24) is 4.57 Å². The molecule has 4 heteroatoms. The summed E-state index contributed by atoms with van der Waals surface area (Å²) in [7, 11) is 0. The summed E-state index contributed by atoms with van der Waals surface area (Å²) in [5, 5.41) is 0.917. The first-order valence-corrected chi connectivity index (χ1v) is 7.82. The zero-order chi connectivity index (χ0) is 14.4. The normalized spacial score (nSPS) is 22.2. The van der Waals surface area contributed by atoms with Crippen LogP contribution in [0, 0.1) is 5.92 Å². The molecule has 1 aromatic carbocycles. The van der Waals surface area contributed by atoms with Crippen LogP contribution in [0.3, 0.4) is 0 Å². The second kappa shape index (κ2) is 4.79. The Kier molecular flexibility index (Phi) is 2.91. The van der Waals surface area contributed by atoms with Crippen LogP contribution in [0.15, 0.2) is 24.4 Å². The molecule has 2 aromatic rings. The second-order valence-corrected chi connectivity index (χ2v) is 6.24. The lowest BCUT2D eigenvalue weighted by molar-refractivity contribution is 0.100. The lowest BCUT2D eigenvalue weighted by Crippen LogP contribution is -2.29. The van der Waals surface area contributed by atoms with Gasteiger partial charge in [0.2, 0.25) is 0 Å². The van der Waals surface area contributed by atoms with Crippen LogP contribution in [-0.4, -0.2) is 17.1 Å². The number of ether oxygens (including phenoxy) is 1. The summed E-state index contributed by atoms with van der Waals surface area (Å²) >= 11 is 0. The molecule has 1 aliphatic carbocycles. The van der Waals surface area contributed by atoms with Gasteiger partial charge in [-0.05, 0) is 24.8 Å². The van der Waals surface area contributed by atoms with E-state index in [9.17, 15) is 4.79 Å².